The zero-order valence-electron chi connectivity index (χ0n) is 15.0. The second-order valence-corrected chi connectivity index (χ2v) is 8.79. The molecule has 0 atom stereocenters. The number of benzene rings is 1. The van der Waals surface area contributed by atoms with Gasteiger partial charge in [0.15, 0.2) is 0 Å². The number of hydrogen-bond donors (Lipinski definition) is 1. The molecule has 136 valence electrons. The van der Waals surface area contributed by atoms with E-state index in [4.69, 9.17) is 0 Å². The number of nitrogens with one attached hydrogen (secondary N) is 1. The predicted octanol–water partition coefficient (Wildman–Crippen LogP) is 2.94. The van der Waals surface area contributed by atoms with Gasteiger partial charge in [-0.15, -0.1) is 0 Å². The number of nitrogens with zero attached hydrogens (tertiary/aromatic N) is 2. The molecular formula is C19H27N3O2S. The summed E-state index contributed by atoms with van der Waals surface area (Å²) in [5.41, 5.74) is 1.72. The average Bonchev–Trinajstić information content (AvgIpc) is 2.60. The van der Waals surface area contributed by atoms with Gasteiger partial charge in [-0.05, 0) is 75.5 Å². The second-order valence-electron chi connectivity index (χ2n) is 7.06. The summed E-state index contributed by atoms with van der Waals surface area (Å²) in [7, 11) is -3.52. The first kappa shape index (κ1) is 18.3. The van der Waals surface area contributed by atoms with Crippen LogP contribution in [0.25, 0.3) is 10.9 Å². The third-order valence-corrected chi connectivity index (χ3v) is 6.56. The van der Waals surface area contributed by atoms with Crippen molar-refractivity contribution in [2.24, 2.45) is 5.92 Å². The Labute approximate surface area is 150 Å². The maximum absolute atomic E-state index is 12.7. The minimum absolute atomic E-state index is 0.313. The maximum Gasteiger partial charge on any atom is 0.241 e. The predicted molar refractivity (Wildman–Crippen MR) is 101 cm³/mol. The van der Waals surface area contributed by atoms with Crippen LogP contribution in [0.15, 0.2) is 35.4 Å². The van der Waals surface area contributed by atoms with Gasteiger partial charge in [-0.3, -0.25) is 4.98 Å². The van der Waals surface area contributed by atoms with Gasteiger partial charge < -0.3 is 4.90 Å². The summed E-state index contributed by atoms with van der Waals surface area (Å²) in [6.45, 7) is 7.91. The molecule has 5 nitrogen and oxygen atoms in total. The van der Waals surface area contributed by atoms with Gasteiger partial charge in [0.1, 0.15) is 0 Å². The summed E-state index contributed by atoms with van der Waals surface area (Å²) >= 11 is 0. The molecule has 1 aromatic heterocycles. The molecule has 1 saturated heterocycles. The van der Waals surface area contributed by atoms with E-state index in [1.165, 1.54) is 12.8 Å². The summed E-state index contributed by atoms with van der Waals surface area (Å²) in [6, 6.07) is 7.09. The van der Waals surface area contributed by atoms with Crippen molar-refractivity contribution in [2.45, 2.75) is 38.0 Å². The molecule has 1 fully saturated rings. The number of sulfonamides is 1. The van der Waals surface area contributed by atoms with Crippen molar-refractivity contribution in [2.75, 3.05) is 26.2 Å². The lowest BCUT2D eigenvalue weighted by Gasteiger charge is -2.30. The Morgan fingerprint density at radius 2 is 2.00 bits per heavy atom. The largest absolute Gasteiger partial charge is 0.303 e. The monoisotopic (exact) mass is 361 g/mol. The third-order valence-electron chi connectivity index (χ3n) is 5.04. The summed E-state index contributed by atoms with van der Waals surface area (Å²) in [5, 5.41) is 0.681. The second kappa shape index (κ2) is 7.81. The summed E-state index contributed by atoms with van der Waals surface area (Å²) in [4.78, 5) is 7.06. The highest BCUT2D eigenvalue weighted by atomic mass is 32.2. The van der Waals surface area contributed by atoms with Crippen LogP contribution in [-0.4, -0.2) is 44.5 Å². The van der Waals surface area contributed by atoms with Crippen LogP contribution in [0.2, 0.25) is 0 Å². The van der Waals surface area contributed by atoms with E-state index in [0.29, 0.717) is 16.8 Å². The molecule has 0 aliphatic carbocycles. The van der Waals surface area contributed by atoms with Gasteiger partial charge in [0, 0.05) is 18.1 Å². The fourth-order valence-electron chi connectivity index (χ4n) is 3.39. The highest BCUT2D eigenvalue weighted by molar-refractivity contribution is 7.89. The van der Waals surface area contributed by atoms with Crippen molar-refractivity contribution in [3.63, 3.8) is 0 Å². The van der Waals surface area contributed by atoms with E-state index in [1.54, 1.807) is 18.3 Å². The van der Waals surface area contributed by atoms with E-state index in [1.807, 2.05) is 19.1 Å². The molecule has 2 aromatic rings. The van der Waals surface area contributed by atoms with Gasteiger partial charge >= 0.3 is 0 Å². The molecule has 2 heterocycles. The fourth-order valence-corrected chi connectivity index (χ4v) is 4.66. The Kier molecular flexibility index (Phi) is 5.71. The van der Waals surface area contributed by atoms with Crippen molar-refractivity contribution in [3.05, 3.63) is 36.0 Å². The van der Waals surface area contributed by atoms with Gasteiger partial charge in [-0.1, -0.05) is 13.0 Å². The number of aryl methyl sites for hydroxylation is 1. The van der Waals surface area contributed by atoms with E-state index >= 15 is 0 Å². The SMILES string of the molecule is Cc1ccc(S(=O)(=O)NCCCN2CCC(C)CC2)c2cccnc12. The Balaban J connectivity index is 1.62. The standard InChI is InChI=1S/C19H27N3O2S/c1-15-8-13-22(14-9-15)12-4-11-21-25(23,24)18-7-6-16(2)19-17(18)5-3-10-20-19/h3,5-7,10,15,21H,4,8-9,11-14H2,1-2H3. The van der Waals surface area contributed by atoms with Crippen LogP contribution >= 0.6 is 0 Å². The van der Waals surface area contributed by atoms with Crippen LogP contribution in [-0.2, 0) is 10.0 Å². The Hall–Kier alpha value is -1.50. The van der Waals surface area contributed by atoms with Crippen molar-refractivity contribution in [3.8, 4) is 0 Å². The molecule has 1 aliphatic rings. The van der Waals surface area contributed by atoms with E-state index in [0.717, 1.165) is 43.1 Å². The number of piperidine rings is 1. The van der Waals surface area contributed by atoms with E-state index in [-0.39, 0.29) is 0 Å². The lowest BCUT2D eigenvalue weighted by molar-refractivity contribution is 0.191. The minimum atomic E-state index is -3.52. The minimum Gasteiger partial charge on any atom is -0.303 e. The molecule has 0 radical (unpaired) electrons. The van der Waals surface area contributed by atoms with Gasteiger partial charge in [0.05, 0.1) is 10.4 Å². The summed E-state index contributed by atoms with van der Waals surface area (Å²) in [6.07, 6.45) is 5.01. The van der Waals surface area contributed by atoms with Crippen LogP contribution in [0.3, 0.4) is 0 Å². The zero-order chi connectivity index (χ0) is 17.9. The Bertz CT molecular complexity index is 828. The van der Waals surface area contributed by atoms with Crippen LogP contribution in [0, 0.1) is 12.8 Å². The number of aromatic nitrogens is 1. The first-order valence-electron chi connectivity index (χ1n) is 9.04. The van der Waals surface area contributed by atoms with Crippen molar-refractivity contribution >= 4 is 20.9 Å². The highest BCUT2D eigenvalue weighted by Crippen LogP contribution is 2.24. The fraction of sp³-hybridized carbons (Fsp3) is 0.526. The molecule has 0 spiro atoms. The molecule has 3 rings (SSSR count). The van der Waals surface area contributed by atoms with Gasteiger partial charge in [-0.25, -0.2) is 13.1 Å². The van der Waals surface area contributed by atoms with Crippen molar-refractivity contribution < 1.29 is 8.42 Å². The number of pyridine rings is 1. The lowest BCUT2D eigenvalue weighted by Crippen LogP contribution is -2.35. The van der Waals surface area contributed by atoms with Crippen LogP contribution in [0.4, 0.5) is 0 Å². The zero-order valence-corrected chi connectivity index (χ0v) is 15.8. The number of rotatable bonds is 6. The van der Waals surface area contributed by atoms with Crippen molar-refractivity contribution in [1.82, 2.24) is 14.6 Å². The molecule has 0 amide bonds. The first-order chi connectivity index (χ1) is 12.0. The summed E-state index contributed by atoms with van der Waals surface area (Å²) < 4.78 is 28.2. The smallest absolute Gasteiger partial charge is 0.241 e. The topological polar surface area (TPSA) is 62.3 Å². The molecule has 0 bridgehead atoms. The molecule has 1 N–H and O–H groups in total. The maximum atomic E-state index is 12.7. The quantitative estimate of drug-likeness (QED) is 0.804. The summed E-state index contributed by atoms with van der Waals surface area (Å²) in [5.74, 6) is 0.818. The van der Waals surface area contributed by atoms with Crippen LogP contribution in [0.5, 0.6) is 0 Å². The van der Waals surface area contributed by atoms with Crippen LogP contribution in [0.1, 0.15) is 31.7 Å². The first-order valence-corrected chi connectivity index (χ1v) is 10.5. The average molecular weight is 362 g/mol. The van der Waals surface area contributed by atoms with Gasteiger partial charge in [-0.2, -0.15) is 0 Å². The number of fused-ring (bicyclic) bond motifs is 1. The van der Waals surface area contributed by atoms with E-state index < -0.39 is 10.0 Å². The van der Waals surface area contributed by atoms with E-state index in [9.17, 15) is 8.42 Å². The molecule has 25 heavy (non-hydrogen) atoms. The normalized spacial score (nSPS) is 17.2. The Morgan fingerprint density at radius 3 is 2.76 bits per heavy atom. The molecule has 0 saturated carbocycles. The van der Waals surface area contributed by atoms with Crippen molar-refractivity contribution in [1.29, 1.82) is 0 Å². The van der Waals surface area contributed by atoms with Gasteiger partial charge in [0.25, 0.3) is 0 Å². The number of likely N-dealkylation sites (tertiary alicyclic amines) is 1. The molecule has 0 unspecified atom stereocenters. The molecule has 1 aliphatic heterocycles. The highest BCUT2D eigenvalue weighted by Gasteiger charge is 2.19. The Morgan fingerprint density at radius 1 is 1.24 bits per heavy atom. The molecular weight excluding hydrogens is 334 g/mol. The number of hydrogen-bond acceptors (Lipinski definition) is 4. The molecule has 1 aromatic carbocycles. The van der Waals surface area contributed by atoms with Gasteiger partial charge in [0.2, 0.25) is 10.0 Å². The van der Waals surface area contributed by atoms with E-state index in [2.05, 4.69) is 21.5 Å². The lowest BCUT2D eigenvalue weighted by atomic mass is 9.99. The third kappa shape index (κ3) is 4.37. The molecule has 6 heteroatoms. The van der Waals surface area contributed by atoms with Crippen LogP contribution < -0.4 is 4.72 Å².